The highest BCUT2D eigenvalue weighted by Crippen LogP contribution is 2.24. The number of oxime groups is 1. The molecule has 2 aliphatic rings. The Kier molecular flexibility index (Phi) is 1.82. The molecule has 2 rings (SSSR count). The second kappa shape index (κ2) is 2.81. The van der Waals surface area contributed by atoms with Gasteiger partial charge in [0.2, 0.25) is 0 Å². The SMILES string of the molecule is O/N=C1/CCN2CCCCC12. The van der Waals surface area contributed by atoms with E-state index >= 15 is 0 Å². The van der Waals surface area contributed by atoms with E-state index in [1.54, 1.807) is 0 Å². The van der Waals surface area contributed by atoms with Crippen molar-refractivity contribution in [3.05, 3.63) is 0 Å². The van der Waals surface area contributed by atoms with Crippen LogP contribution in [0.15, 0.2) is 5.16 Å². The standard InChI is InChI=1S/C8H14N2O/c11-9-7-4-6-10-5-2-1-3-8(7)10/h8,11H,1-6H2/b9-7-. The second-order valence-electron chi connectivity index (χ2n) is 3.39. The normalized spacial score (nSPS) is 36.0. The van der Waals surface area contributed by atoms with Gasteiger partial charge in [-0.15, -0.1) is 0 Å². The van der Waals surface area contributed by atoms with E-state index in [2.05, 4.69) is 10.1 Å². The summed E-state index contributed by atoms with van der Waals surface area (Å²) in [4.78, 5) is 2.43. The molecule has 2 heterocycles. The van der Waals surface area contributed by atoms with Crippen LogP contribution < -0.4 is 0 Å². The summed E-state index contributed by atoms with van der Waals surface area (Å²) < 4.78 is 0. The van der Waals surface area contributed by atoms with Gasteiger partial charge in [0.25, 0.3) is 0 Å². The summed E-state index contributed by atoms with van der Waals surface area (Å²) in [6.45, 7) is 2.30. The second-order valence-corrected chi connectivity index (χ2v) is 3.39. The molecule has 1 atom stereocenters. The van der Waals surface area contributed by atoms with E-state index in [1.807, 2.05) is 0 Å². The van der Waals surface area contributed by atoms with Crippen molar-refractivity contribution in [2.75, 3.05) is 13.1 Å². The molecule has 0 amide bonds. The molecule has 2 saturated heterocycles. The number of nitrogens with zero attached hydrogens (tertiary/aromatic N) is 2. The highest BCUT2D eigenvalue weighted by atomic mass is 16.4. The first kappa shape index (κ1) is 7.10. The lowest BCUT2D eigenvalue weighted by Gasteiger charge is -2.28. The van der Waals surface area contributed by atoms with Crippen LogP contribution in [0.25, 0.3) is 0 Å². The Morgan fingerprint density at radius 2 is 2.27 bits per heavy atom. The summed E-state index contributed by atoms with van der Waals surface area (Å²) in [5.41, 5.74) is 1.00. The highest BCUT2D eigenvalue weighted by molar-refractivity contribution is 5.91. The molecule has 2 aliphatic heterocycles. The van der Waals surface area contributed by atoms with Crippen LogP contribution >= 0.6 is 0 Å². The first-order valence-corrected chi connectivity index (χ1v) is 4.36. The molecule has 0 bridgehead atoms. The van der Waals surface area contributed by atoms with Gasteiger partial charge < -0.3 is 5.21 Å². The zero-order chi connectivity index (χ0) is 7.68. The molecule has 1 unspecified atom stereocenters. The quantitative estimate of drug-likeness (QED) is 0.418. The maximum Gasteiger partial charge on any atom is 0.0754 e. The van der Waals surface area contributed by atoms with Gasteiger partial charge in [0.1, 0.15) is 0 Å². The predicted octanol–water partition coefficient (Wildman–Crippen LogP) is 1.07. The fraction of sp³-hybridized carbons (Fsp3) is 0.875. The van der Waals surface area contributed by atoms with E-state index in [1.165, 1.54) is 25.8 Å². The Morgan fingerprint density at radius 1 is 1.36 bits per heavy atom. The third kappa shape index (κ3) is 1.13. The predicted molar refractivity (Wildman–Crippen MR) is 43.1 cm³/mol. The van der Waals surface area contributed by atoms with Gasteiger partial charge in [-0.1, -0.05) is 11.6 Å². The minimum atomic E-state index is 0.480. The highest BCUT2D eigenvalue weighted by Gasteiger charge is 2.32. The lowest BCUT2D eigenvalue weighted by molar-refractivity contribution is 0.219. The molecule has 0 spiro atoms. The summed E-state index contributed by atoms with van der Waals surface area (Å²) in [5.74, 6) is 0. The van der Waals surface area contributed by atoms with Crippen LogP contribution in [0.1, 0.15) is 25.7 Å². The lowest BCUT2D eigenvalue weighted by atomic mass is 10.0. The molecule has 0 aliphatic carbocycles. The van der Waals surface area contributed by atoms with Crippen molar-refractivity contribution in [1.82, 2.24) is 4.90 Å². The topological polar surface area (TPSA) is 35.8 Å². The molecule has 11 heavy (non-hydrogen) atoms. The molecule has 1 N–H and O–H groups in total. The van der Waals surface area contributed by atoms with E-state index in [0.29, 0.717) is 6.04 Å². The van der Waals surface area contributed by atoms with Gasteiger partial charge in [0, 0.05) is 13.0 Å². The third-order valence-corrected chi connectivity index (χ3v) is 2.78. The van der Waals surface area contributed by atoms with Gasteiger partial charge in [0.15, 0.2) is 0 Å². The van der Waals surface area contributed by atoms with Crippen molar-refractivity contribution in [2.24, 2.45) is 5.16 Å². The Hall–Kier alpha value is -0.570. The van der Waals surface area contributed by atoms with E-state index < -0.39 is 0 Å². The summed E-state index contributed by atoms with van der Waals surface area (Å²) in [6.07, 6.45) is 4.77. The summed E-state index contributed by atoms with van der Waals surface area (Å²) in [7, 11) is 0. The number of hydrogen-bond acceptors (Lipinski definition) is 3. The van der Waals surface area contributed by atoms with Crippen molar-refractivity contribution in [2.45, 2.75) is 31.7 Å². The molecule has 0 aromatic rings. The Balaban J connectivity index is 2.10. The number of fused-ring (bicyclic) bond motifs is 1. The largest absolute Gasteiger partial charge is 0.411 e. The van der Waals surface area contributed by atoms with E-state index in [0.717, 1.165) is 18.7 Å². The zero-order valence-electron chi connectivity index (χ0n) is 6.66. The zero-order valence-corrected chi connectivity index (χ0v) is 6.66. The number of rotatable bonds is 0. The molecule has 0 aromatic carbocycles. The minimum absolute atomic E-state index is 0.480. The molecular weight excluding hydrogens is 140 g/mol. The third-order valence-electron chi connectivity index (χ3n) is 2.78. The van der Waals surface area contributed by atoms with E-state index in [-0.39, 0.29) is 0 Å². The molecule has 0 radical (unpaired) electrons. The maximum atomic E-state index is 8.67. The van der Waals surface area contributed by atoms with Gasteiger partial charge in [0.05, 0.1) is 11.8 Å². The van der Waals surface area contributed by atoms with Crippen LogP contribution in [0.2, 0.25) is 0 Å². The summed E-state index contributed by atoms with van der Waals surface area (Å²) in [5, 5.41) is 12.0. The fourth-order valence-electron chi connectivity index (χ4n) is 2.18. The van der Waals surface area contributed by atoms with Crippen molar-refractivity contribution in [1.29, 1.82) is 0 Å². The van der Waals surface area contributed by atoms with Gasteiger partial charge in [-0.05, 0) is 19.4 Å². The monoisotopic (exact) mass is 154 g/mol. The molecule has 0 aromatic heterocycles. The van der Waals surface area contributed by atoms with Crippen molar-refractivity contribution in [3.8, 4) is 0 Å². The van der Waals surface area contributed by atoms with Gasteiger partial charge in [-0.2, -0.15) is 0 Å². The first-order valence-electron chi connectivity index (χ1n) is 4.36. The smallest absolute Gasteiger partial charge is 0.0754 e. The van der Waals surface area contributed by atoms with Gasteiger partial charge >= 0.3 is 0 Å². The first-order chi connectivity index (χ1) is 5.42. The molecule has 2 fully saturated rings. The Morgan fingerprint density at radius 3 is 3.09 bits per heavy atom. The van der Waals surface area contributed by atoms with Crippen LogP contribution in [0.4, 0.5) is 0 Å². The lowest BCUT2D eigenvalue weighted by Crippen LogP contribution is -2.37. The van der Waals surface area contributed by atoms with E-state index in [9.17, 15) is 0 Å². The Bertz CT molecular complexity index is 179. The van der Waals surface area contributed by atoms with E-state index in [4.69, 9.17) is 5.21 Å². The van der Waals surface area contributed by atoms with Gasteiger partial charge in [-0.25, -0.2) is 0 Å². The number of piperidine rings is 1. The van der Waals surface area contributed by atoms with Crippen LogP contribution in [-0.4, -0.2) is 35.0 Å². The van der Waals surface area contributed by atoms with Crippen LogP contribution in [0.5, 0.6) is 0 Å². The van der Waals surface area contributed by atoms with Crippen molar-refractivity contribution in [3.63, 3.8) is 0 Å². The van der Waals surface area contributed by atoms with Crippen molar-refractivity contribution < 1.29 is 5.21 Å². The Labute approximate surface area is 66.7 Å². The van der Waals surface area contributed by atoms with Crippen LogP contribution in [-0.2, 0) is 0 Å². The number of hydrogen-bond donors (Lipinski definition) is 1. The molecule has 62 valence electrons. The molecule has 3 heteroatoms. The maximum absolute atomic E-state index is 8.67. The fourth-order valence-corrected chi connectivity index (χ4v) is 2.18. The van der Waals surface area contributed by atoms with Crippen molar-refractivity contribution >= 4 is 5.71 Å². The van der Waals surface area contributed by atoms with Crippen LogP contribution in [0.3, 0.4) is 0 Å². The average molecular weight is 154 g/mol. The molecule has 3 nitrogen and oxygen atoms in total. The van der Waals surface area contributed by atoms with Crippen LogP contribution in [0, 0.1) is 0 Å². The minimum Gasteiger partial charge on any atom is -0.411 e. The summed E-state index contributed by atoms with van der Waals surface area (Å²) in [6, 6.07) is 0.480. The average Bonchev–Trinajstić information content (AvgIpc) is 2.47. The molecule has 0 saturated carbocycles. The molecular formula is C8H14N2O. The van der Waals surface area contributed by atoms with Gasteiger partial charge in [-0.3, -0.25) is 4.90 Å². The summed E-state index contributed by atoms with van der Waals surface area (Å²) >= 11 is 0.